The number of aryl methyl sites for hydroxylation is 2. The fourth-order valence-corrected chi connectivity index (χ4v) is 1.53. The Kier molecular flexibility index (Phi) is 2.75. The number of aromatic nitrogens is 4. The fraction of sp³-hybridized carbons (Fsp3) is 0.273. The van der Waals surface area contributed by atoms with Gasteiger partial charge in [-0.25, -0.2) is 0 Å². The minimum Gasteiger partial charge on any atom is -0.382 e. The van der Waals surface area contributed by atoms with Crippen molar-refractivity contribution in [2.45, 2.75) is 20.3 Å². The highest BCUT2D eigenvalue weighted by Gasteiger charge is 2.15. The maximum Gasteiger partial charge on any atom is 0.178 e. The second-order valence-corrected chi connectivity index (χ2v) is 3.62. The van der Waals surface area contributed by atoms with Gasteiger partial charge in [-0.1, -0.05) is 6.92 Å². The van der Waals surface area contributed by atoms with Crippen LogP contribution in [0.25, 0.3) is 5.82 Å². The average Bonchev–Trinajstić information content (AvgIpc) is 2.66. The molecule has 0 unspecified atom stereocenters. The summed E-state index contributed by atoms with van der Waals surface area (Å²) in [4.78, 5) is 0. The Morgan fingerprint density at radius 1 is 1.41 bits per heavy atom. The van der Waals surface area contributed by atoms with Crippen LogP contribution < -0.4 is 5.73 Å². The minimum atomic E-state index is 0.308. The van der Waals surface area contributed by atoms with Gasteiger partial charge in [0.15, 0.2) is 5.82 Å². The van der Waals surface area contributed by atoms with Crippen LogP contribution in [0.5, 0.6) is 0 Å². The Bertz CT molecular complexity index is 575. The summed E-state index contributed by atoms with van der Waals surface area (Å²) in [6.45, 7) is 3.77. The highest BCUT2D eigenvalue weighted by molar-refractivity contribution is 5.55. The van der Waals surface area contributed by atoms with Crippen molar-refractivity contribution >= 4 is 5.82 Å². The van der Waals surface area contributed by atoms with Crippen molar-refractivity contribution in [3.05, 3.63) is 29.1 Å². The van der Waals surface area contributed by atoms with Crippen LogP contribution in [0.3, 0.4) is 0 Å². The number of rotatable bonds is 2. The lowest BCUT2D eigenvalue weighted by Gasteiger charge is -2.01. The van der Waals surface area contributed by atoms with Crippen LogP contribution >= 0.6 is 0 Å². The normalized spacial score (nSPS) is 10.2. The molecule has 2 aromatic heterocycles. The Hall–Kier alpha value is -2.42. The van der Waals surface area contributed by atoms with E-state index >= 15 is 0 Å². The second-order valence-electron chi connectivity index (χ2n) is 3.62. The molecule has 0 atom stereocenters. The lowest BCUT2D eigenvalue weighted by molar-refractivity contribution is 0.793. The molecule has 0 aliphatic rings. The van der Waals surface area contributed by atoms with Gasteiger partial charge in [-0.05, 0) is 25.5 Å². The average molecular weight is 228 g/mol. The third kappa shape index (κ3) is 1.83. The molecular formula is C11H12N6. The molecule has 2 aromatic rings. The largest absolute Gasteiger partial charge is 0.382 e. The van der Waals surface area contributed by atoms with Crippen molar-refractivity contribution in [1.29, 1.82) is 5.26 Å². The number of nitrogens with two attached hydrogens (primary N) is 1. The quantitative estimate of drug-likeness (QED) is 0.827. The third-order valence-electron chi connectivity index (χ3n) is 2.44. The number of anilines is 1. The summed E-state index contributed by atoms with van der Waals surface area (Å²) in [5.41, 5.74) is 7.77. The van der Waals surface area contributed by atoms with Gasteiger partial charge in [0.05, 0.1) is 11.4 Å². The van der Waals surface area contributed by atoms with E-state index in [1.807, 2.05) is 19.9 Å². The Balaban J connectivity index is 2.57. The zero-order valence-corrected chi connectivity index (χ0v) is 9.68. The molecule has 0 aliphatic heterocycles. The van der Waals surface area contributed by atoms with Crippen LogP contribution in [0, 0.1) is 18.3 Å². The SMILES string of the molecule is CCc1nn(-c2ccc(C)nn2)c(N)c1C#N. The number of nitrogen functional groups attached to an aromatic ring is 1. The zero-order chi connectivity index (χ0) is 12.4. The van der Waals surface area contributed by atoms with E-state index in [2.05, 4.69) is 21.4 Å². The molecule has 86 valence electrons. The molecule has 0 saturated heterocycles. The highest BCUT2D eigenvalue weighted by atomic mass is 15.4. The maximum absolute atomic E-state index is 9.02. The first-order valence-corrected chi connectivity index (χ1v) is 5.25. The Labute approximate surface area is 98.7 Å². The number of nitriles is 1. The van der Waals surface area contributed by atoms with E-state index in [1.54, 1.807) is 6.07 Å². The van der Waals surface area contributed by atoms with Gasteiger partial charge in [0.25, 0.3) is 0 Å². The van der Waals surface area contributed by atoms with E-state index in [9.17, 15) is 0 Å². The van der Waals surface area contributed by atoms with Crippen molar-refractivity contribution in [2.75, 3.05) is 5.73 Å². The topological polar surface area (TPSA) is 93.4 Å². The van der Waals surface area contributed by atoms with Gasteiger partial charge in [0, 0.05) is 0 Å². The maximum atomic E-state index is 9.02. The molecule has 0 amide bonds. The smallest absolute Gasteiger partial charge is 0.178 e. The summed E-state index contributed by atoms with van der Waals surface area (Å²) in [6, 6.07) is 5.65. The van der Waals surface area contributed by atoms with Crippen LogP contribution in [-0.4, -0.2) is 20.0 Å². The minimum absolute atomic E-state index is 0.308. The first-order chi connectivity index (χ1) is 8.17. The van der Waals surface area contributed by atoms with Crippen molar-refractivity contribution in [3.8, 4) is 11.9 Å². The van der Waals surface area contributed by atoms with E-state index in [0.717, 1.165) is 5.69 Å². The van der Waals surface area contributed by atoms with Gasteiger partial charge in [-0.2, -0.15) is 20.1 Å². The van der Waals surface area contributed by atoms with Gasteiger partial charge in [0.2, 0.25) is 0 Å². The van der Waals surface area contributed by atoms with E-state index < -0.39 is 0 Å². The third-order valence-corrected chi connectivity index (χ3v) is 2.44. The van der Waals surface area contributed by atoms with Gasteiger partial charge in [0.1, 0.15) is 17.5 Å². The summed E-state index contributed by atoms with van der Waals surface area (Å²) >= 11 is 0. The molecule has 0 spiro atoms. The first-order valence-electron chi connectivity index (χ1n) is 5.25. The predicted octanol–water partition coefficient (Wildman–Crippen LogP) is 0.987. The van der Waals surface area contributed by atoms with Gasteiger partial charge in [-0.3, -0.25) is 0 Å². The van der Waals surface area contributed by atoms with Crippen LogP contribution in [0.15, 0.2) is 12.1 Å². The van der Waals surface area contributed by atoms with Crippen molar-refractivity contribution in [3.63, 3.8) is 0 Å². The standard InChI is InChI=1S/C11H12N6/c1-3-9-8(6-12)11(13)17(16-9)10-5-4-7(2)14-15-10/h4-5H,3,13H2,1-2H3. The summed E-state index contributed by atoms with van der Waals surface area (Å²) < 4.78 is 1.45. The lowest BCUT2D eigenvalue weighted by Crippen LogP contribution is -2.05. The van der Waals surface area contributed by atoms with E-state index in [4.69, 9.17) is 11.0 Å². The van der Waals surface area contributed by atoms with Crippen molar-refractivity contribution in [1.82, 2.24) is 20.0 Å². The Morgan fingerprint density at radius 3 is 2.65 bits per heavy atom. The van der Waals surface area contributed by atoms with Gasteiger partial charge in [-0.15, -0.1) is 5.10 Å². The molecule has 0 fully saturated rings. The summed E-state index contributed by atoms with van der Waals surface area (Å²) in [5.74, 6) is 0.826. The van der Waals surface area contributed by atoms with Crippen LogP contribution in [-0.2, 0) is 6.42 Å². The van der Waals surface area contributed by atoms with Gasteiger partial charge >= 0.3 is 0 Å². The van der Waals surface area contributed by atoms with Crippen LogP contribution in [0.4, 0.5) is 5.82 Å². The van der Waals surface area contributed by atoms with E-state index in [1.165, 1.54) is 4.68 Å². The first kappa shape index (κ1) is 11.1. The zero-order valence-electron chi connectivity index (χ0n) is 9.68. The van der Waals surface area contributed by atoms with Crippen molar-refractivity contribution < 1.29 is 0 Å². The summed E-state index contributed by atoms with van der Waals surface area (Å²) in [5, 5.41) is 21.2. The molecule has 0 radical (unpaired) electrons. The number of hydrogen-bond acceptors (Lipinski definition) is 5. The second kappa shape index (κ2) is 4.22. The van der Waals surface area contributed by atoms with E-state index in [-0.39, 0.29) is 0 Å². The number of hydrogen-bond donors (Lipinski definition) is 1. The molecule has 2 heterocycles. The molecule has 17 heavy (non-hydrogen) atoms. The molecule has 6 nitrogen and oxygen atoms in total. The molecule has 6 heteroatoms. The van der Waals surface area contributed by atoms with Crippen LogP contribution in [0.2, 0.25) is 0 Å². The molecule has 0 aliphatic carbocycles. The highest BCUT2D eigenvalue weighted by Crippen LogP contribution is 2.19. The van der Waals surface area contributed by atoms with E-state index in [0.29, 0.717) is 29.3 Å². The van der Waals surface area contributed by atoms with Crippen LogP contribution in [0.1, 0.15) is 23.9 Å². The molecule has 2 N–H and O–H groups in total. The monoisotopic (exact) mass is 228 g/mol. The molecule has 0 aromatic carbocycles. The summed E-state index contributed by atoms with van der Waals surface area (Å²) in [6.07, 6.45) is 0.652. The molecule has 0 bridgehead atoms. The summed E-state index contributed by atoms with van der Waals surface area (Å²) in [7, 11) is 0. The molecule has 0 saturated carbocycles. The molecule has 2 rings (SSSR count). The van der Waals surface area contributed by atoms with Crippen molar-refractivity contribution in [2.24, 2.45) is 0 Å². The number of nitrogens with zero attached hydrogens (tertiary/aromatic N) is 5. The molecular weight excluding hydrogens is 216 g/mol. The van der Waals surface area contributed by atoms with Gasteiger partial charge < -0.3 is 5.73 Å². The Morgan fingerprint density at radius 2 is 2.18 bits per heavy atom. The lowest BCUT2D eigenvalue weighted by atomic mass is 10.2. The predicted molar refractivity (Wildman–Crippen MR) is 62.4 cm³/mol. The fourth-order valence-electron chi connectivity index (χ4n) is 1.53.